The second-order valence-corrected chi connectivity index (χ2v) is 6.28. The molecule has 0 spiro atoms. The summed E-state index contributed by atoms with van der Waals surface area (Å²) < 4.78 is 11.2. The third-order valence-corrected chi connectivity index (χ3v) is 4.39. The van der Waals surface area contributed by atoms with Gasteiger partial charge in [0.1, 0.15) is 11.5 Å². The van der Waals surface area contributed by atoms with Gasteiger partial charge < -0.3 is 14.6 Å². The van der Waals surface area contributed by atoms with Gasteiger partial charge >= 0.3 is 0 Å². The van der Waals surface area contributed by atoms with Crippen LogP contribution in [0, 0.1) is 0 Å². The Hall–Kier alpha value is -2.92. The molecule has 140 valence electrons. The molecule has 0 aliphatic rings. The van der Waals surface area contributed by atoms with E-state index in [0.29, 0.717) is 12.3 Å². The van der Waals surface area contributed by atoms with Gasteiger partial charge in [0.2, 0.25) is 5.88 Å². The summed E-state index contributed by atoms with van der Waals surface area (Å²) in [7, 11) is 1.61. The number of aromatic nitrogens is 2. The van der Waals surface area contributed by atoms with Crippen molar-refractivity contribution >= 4 is 0 Å². The maximum absolute atomic E-state index is 9.80. The average Bonchev–Trinajstić information content (AvgIpc) is 2.73. The Morgan fingerprint density at radius 1 is 1.07 bits per heavy atom. The van der Waals surface area contributed by atoms with Gasteiger partial charge in [0.15, 0.2) is 0 Å². The van der Waals surface area contributed by atoms with Crippen molar-refractivity contribution in [2.75, 3.05) is 7.11 Å². The summed E-state index contributed by atoms with van der Waals surface area (Å²) in [6.07, 6.45) is 5.38. The van der Waals surface area contributed by atoms with Crippen LogP contribution in [-0.2, 0) is 6.42 Å². The first kappa shape index (κ1) is 18.9. The fourth-order valence-corrected chi connectivity index (χ4v) is 2.74. The summed E-state index contributed by atoms with van der Waals surface area (Å²) in [6, 6.07) is 15.3. The number of aryl methyl sites for hydroxylation is 1. The standard InChI is InChI=1S/C22H24N2O3/c1-3-18(25)10-7-17-15-23-14-13-21(17)27-19-11-8-16(9-12-19)20-5-4-6-22(24-20)26-2/h4-6,8-9,11-15,18,25H,3,7,10H2,1-2H3. The van der Waals surface area contributed by atoms with Crippen LogP contribution in [0.1, 0.15) is 25.3 Å². The normalized spacial score (nSPS) is 11.8. The maximum Gasteiger partial charge on any atom is 0.213 e. The van der Waals surface area contributed by atoms with E-state index in [0.717, 1.165) is 41.2 Å². The van der Waals surface area contributed by atoms with Crippen molar-refractivity contribution in [2.45, 2.75) is 32.3 Å². The van der Waals surface area contributed by atoms with Gasteiger partial charge in [0, 0.05) is 29.6 Å². The molecule has 27 heavy (non-hydrogen) atoms. The number of aliphatic hydroxyl groups is 1. The number of rotatable bonds is 8. The Bertz CT molecular complexity index is 865. The molecule has 5 nitrogen and oxygen atoms in total. The van der Waals surface area contributed by atoms with Crippen molar-refractivity contribution in [3.05, 3.63) is 66.5 Å². The molecule has 0 saturated heterocycles. The summed E-state index contributed by atoms with van der Waals surface area (Å²) in [5.74, 6) is 2.09. The van der Waals surface area contributed by atoms with Crippen molar-refractivity contribution in [1.29, 1.82) is 0 Å². The molecule has 0 aliphatic heterocycles. The first-order valence-corrected chi connectivity index (χ1v) is 9.10. The van der Waals surface area contributed by atoms with Crippen molar-refractivity contribution in [1.82, 2.24) is 9.97 Å². The van der Waals surface area contributed by atoms with Crippen molar-refractivity contribution in [2.24, 2.45) is 0 Å². The van der Waals surface area contributed by atoms with Gasteiger partial charge in [-0.15, -0.1) is 0 Å². The number of hydrogen-bond acceptors (Lipinski definition) is 5. The van der Waals surface area contributed by atoms with E-state index in [4.69, 9.17) is 9.47 Å². The van der Waals surface area contributed by atoms with Gasteiger partial charge in [-0.25, -0.2) is 4.98 Å². The topological polar surface area (TPSA) is 64.5 Å². The molecule has 3 rings (SSSR count). The van der Waals surface area contributed by atoms with Gasteiger partial charge in [-0.2, -0.15) is 0 Å². The van der Waals surface area contributed by atoms with E-state index in [-0.39, 0.29) is 6.10 Å². The van der Waals surface area contributed by atoms with Crippen LogP contribution in [0.15, 0.2) is 60.9 Å². The number of ether oxygens (including phenoxy) is 2. The van der Waals surface area contributed by atoms with Crippen LogP contribution in [0.2, 0.25) is 0 Å². The van der Waals surface area contributed by atoms with Crippen LogP contribution in [0.5, 0.6) is 17.4 Å². The minimum absolute atomic E-state index is 0.298. The molecule has 0 radical (unpaired) electrons. The van der Waals surface area contributed by atoms with E-state index in [1.165, 1.54) is 0 Å². The summed E-state index contributed by atoms with van der Waals surface area (Å²) in [5, 5.41) is 9.80. The van der Waals surface area contributed by atoms with Gasteiger partial charge in [-0.1, -0.05) is 13.0 Å². The number of hydrogen-bond donors (Lipinski definition) is 1. The zero-order valence-electron chi connectivity index (χ0n) is 15.6. The molecule has 1 atom stereocenters. The lowest BCUT2D eigenvalue weighted by Gasteiger charge is -2.12. The summed E-state index contributed by atoms with van der Waals surface area (Å²) in [5.41, 5.74) is 2.82. The van der Waals surface area contributed by atoms with Crippen LogP contribution in [0.3, 0.4) is 0 Å². The molecule has 2 aromatic heterocycles. The Balaban J connectivity index is 1.73. The minimum Gasteiger partial charge on any atom is -0.481 e. The first-order chi connectivity index (χ1) is 13.2. The van der Waals surface area contributed by atoms with Gasteiger partial charge in [-0.05, 0) is 55.7 Å². The summed E-state index contributed by atoms with van der Waals surface area (Å²) in [6.45, 7) is 1.98. The zero-order chi connectivity index (χ0) is 19.1. The summed E-state index contributed by atoms with van der Waals surface area (Å²) in [4.78, 5) is 8.62. The highest BCUT2D eigenvalue weighted by molar-refractivity contribution is 5.60. The highest BCUT2D eigenvalue weighted by atomic mass is 16.5. The van der Waals surface area contributed by atoms with Gasteiger partial charge in [0.25, 0.3) is 0 Å². The molecular weight excluding hydrogens is 340 g/mol. The fourth-order valence-electron chi connectivity index (χ4n) is 2.74. The van der Waals surface area contributed by atoms with E-state index < -0.39 is 0 Å². The lowest BCUT2D eigenvalue weighted by atomic mass is 10.1. The fraction of sp³-hybridized carbons (Fsp3) is 0.273. The quantitative estimate of drug-likeness (QED) is 0.630. The Kier molecular flexibility index (Phi) is 6.39. The lowest BCUT2D eigenvalue weighted by molar-refractivity contribution is 0.160. The molecule has 1 aromatic carbocycles. The SMILES string of the molecule is CCC(O)CCc1cnccc1Oc1ccc(-c2cccc(OC)n2)cc1. The molecule has 2 heterocycles. The van der Waals surface area contributed by atoms with Crippen molar-refractivity contribution < 1.29 is 14.6 Å². The average molecular weight is 364 g/mol. The van der Waals surface area contributed by atoms with E-state index in [9.17, 15) is 5.11 Å². The molecule has 3 aromatic rings. The molecule has 5 heteroatoms. The van der Waals surface area contributed by atoms with Crippen molar-refractivity contribution in [3.8, 4) is 28.6 Å². The van der Waals surface area contributed by atoms with E-state index in [1.54, 1.807) is 19.5 Å². The number of benzene rings is 1. The lowest BCUT2D eigenvalue weighted by Crippen LogP contribution is -2.06. The maximum atomic E-state index is 9.80. The Labute approximate surface area is 159 Å². The predicted octanol–water partition coefficient (Wildman–Crippen LogP) is 4.65. The first-order valence-electron chi connectivity index (χ1n) is 9.10. The Morgan fingerprint density at radius 2 is 1.89 bits per heavy atom. The molecule has 0 fully saturated rings. The van der Waals surface area contributed by atoms with E-state index in [2.05, 4.69) is 9.97 Å². The highest BCUT2D eigenvalue weighted by Gasteiger charge is 2.09. The highest BCUT2D eigenvalue weighted by Crippen LogP contribution is 2.28. The molecule has 0 amide bonds. The zero-order valence-corrected chi connectivity index (χ0v) is 15.6. The second kappa shape index (κ2) is 9.14. The number of pyridine rings is 2. The molecule has 1 unspecified atom stereocenters. The molecule has 1 N–H and O–H groups in total. The Morgan fingerprint density at radius 3 is 2.63 bits per heavy atom. The van der Waals surface area contributed by atoms with Crippen LogP contribution in [0.4, 0.5) is 0 Å². The molecule has 0 bridgehead atoms. The third-order valence-electron chi connectivity index (χ3n) is 4.39. The van der Waals surface area contributed by atoms with Gasteiger partial charge in [0.05, 0.1) is 18.9 Å². The largest absolute Gasteiger partial charge is 0.481 e. The second-order valence-electron chi connectivity index (χ2n) is 6.28. The smallest absolute Gasteiger partial charge is 0.213 e. The van der Waals surface area contributed by atoms with Crippen LogP contribution in [-0.4, -0.2) is 28.3 Å². The van der Waals surface area contributed by atoms with Crippen LogP contribution >= 0.6 is 0 Å². The third kappa shape index (κ3) is 5.05. The number of nitrogens with zero attached hydrogens (tertiary/aromatic N) is 2. The summed E-state index contributed by atoms with van der Waals surface area (Å²) >= 11 is 0. The number of methoxy groups -OCH3 is 1. The predicted molar refractivity (Wildman–Crippen MR) is 105 cm³/mol. The number of aliphatic hydroxyl groups excluding tert-OH is 1. The van der Waals surface area contributed by atoms with Crippen LogP contribution < -0.4 is 9.47 Å². The molecule has 0 saturated carbocycles. The molecular formula is C22H24N2O3. The van der Waals surface area contributed by atoms with Gasteiger partial charge in [-0.3, -0.25) is 4.98 Å². The van der Waals surface area contributed by atoms with E-state index >= 15 is 0 Å². The van der Waals surface area contributed by atoms with Crippen molar-refractivity contribution in [3.63, 3.8) is 0 Å². The molecule has 0 aliphatic carbocycles. The van der Waals surface area contributed by atoms with E-state index in [1.807, 2.05) is 55.5 Å². The van der Waals surface area contributed by atoms with Crippen LogP contribution in [0.25, 0.3) is 11.3 Å². The minimum atomic E-state index is -0.298. The monoisotopic (exact) mass is 364 g/mol.